The van der Waals surface area contributed by atoms with Gasteiger partial charge in [-0.3, -0.25) is 13.8 Å². The molecule has 0 fully saturated rings. The Labute approximate surface area is 322 Å². The Morgan fingerprint density at radius 3 is 1.52 bits per heavy atom. The Morgan fingerprint density at radius 1 is 0.635 bits per heavy atom. The first kappa shape index (κ1) is 51.0. The van der Waals surface area contributed by atoms with E-state index in [1.165, 1.54) is 128 Å². The molecule has 308 valence electrons. The van der Waals surface area contributed by atoms with E-state index in [1.807, 2.05) is 27.2 Å². The second-order valence-electron chi connectivity index (χ2n) is 16.1. The Kier molecular flexibility index (Phi) is 35.0. The zero-order chi connectivity index (χ0) is 38.6. The molecular weight excluding hydrogens is 671 g/mol. The molecule has 0 saturated heterocycles. The third kappa shape index (κ3) is 37.3. The van der Waals surface area contributed by atoms with Crippen molar-refractivity contribution in [1.29, 1.82) is 0 Å². The number of quaternary nitrogens is 1. The van der Waals surface area contributed by atoms with Gasteiger partial charge in [0.2, 0.25) is 5.91 Å². The minimum Gasteiger partial charge on any atom is -0.387 e. The Hall–Kier alpha value is -1.02. The van der Waals surface area contributed by atoms with Gasteiger partial charge in [0, 0.05) is 6.42 Å². The molecule has 0 radical (unpaired) electrons. The van der Waals surface area contributed by atoms with Crippen LogP contribution in [-0.4, -0.2) is 73.4 Å². The van der Waals surface area contributed by atoms with E-state index in [4.69, 9.17) is 9.05 Å². The molecule has 1 amide bonds. The van der Waals surface area contributed by atoms with Gasteiger partial charge in [-0.15, -0.1) is 0 Å². The first-order valence-corrected chi connectivity index (χ1v) is 23.2. The number of allylic oxidation sites excluding steroid dienone is 3. The van der Waals surface area contributed by atoms with Gasteiger partial charge in [-0.05, 0) is 44.9 Å². The smallest absolute Gasteiger partial charge is 0.387 e. The summed E-state index contributed by atoms with van der Waals surface area (Å²) in [4.78, 5) is 22.9. The van der Waals surface area contributed by atoms with Crippen molar-refractivity contribution in [3.63, 3.8) is 0 Å². The normalized spacial score (nSPS) is 14.7. The standard InChI is InChI=1S/C43H85N2O6P/c1-6-8-10-12-13-14-15-16-17-18-19-20-21-22-23-24-25-26-27-28-29-30-31-33-35-37-43(47)44-41(42(46)36-34-32-11-9-7-2)40-51-52(48,49)50-39-38-45(3,4)5/h18-19,34,36,41-42,46H,6-17,20-33,35,37-40H2,1-5H3,(H-,44,47,48,49)/p+1/b19-18-,36-34+. The fraction of sp³-hybridized carbons (Fsp3) is 0.884. The zero-order valence-corrected chi connectivity index (χ0v) is 35.7. The lowest BCUT2D eigenvalue weighted by atomic mass is 10.0. The van der Waals surface area contributed by atoms with Crippen LogP contribution in [0.4, 0.5) is 0 Å². The lowest BCUT2D eigenvalue weighted by Gasteiger charge is -2.25. The second-order valence-corrected chi connectivity index (χ2v) is 17.5. The molecule has 0 spiro atoms. The number of nitrogens with one attached hydrogen (secondary N) is 1. The first-order chi connectivity index (χ1) is 25.0. The topological polar surface area (TPSA) is 105 Å². The fourth-order valence-corrected chi connectivity index (χ4v) is 6.89. The maximum atomic E-state index is 12.7. The highest BCUT2D eigenvalue weighted by Gasteiger charge is 2.27. The molecule has 0 saturated carbocycles. The summed E-state index contributed by atoms with van der Waals surface area (Å²) in [6.07, 6.45) is 41.6. The lowest BCUT2D eigenvalue weighted by molar-refractivity contribution is -0.870. The van der Waals surface area contributed by atoms with Gasteiger partial charge in [-0.25, -0.2) is 4.57 Å². The number of hydrogen-bond acceptors (Lipinski definition) is 5. The number of amides is 1. The molecule has 0 aliphatic rings. The highest BCUT2D eigenvalue weighted by molar-refractivity contribution is 7.47. The zero-order valence-electron chi connectivity index (χ0n) is 34.8. The molecular formula is C43H86N2O6P+. The van der Waals surface area contributed by atoms with Crippen LogP contribution in [0.25, 0.3) is 0 Å². The van der Waals surface area contributed by atoms with Crippen molar-refractivity contribution >= 4 is 13.7 Å². The molecule has 3 unspecified atom stereocenters. The highest BCUT2D eigenvalue weighted by Crippen LogP contribution is 2.43. The van der Waals surface area contributed by atoms with Crippen molar-refractivity contribution in [3.05, 3.63) is 24.3 Å². The van der Waals surface area contributed by atoms with Gasteiger partial charge in [0.15, 0.2) is 0 Å². The van der Waals surface area contributed by atoms with E-state index in [-0.39, 0.29) is 19.1 Å². The average molecular weight is 758 g/mol. The van der Waals surface area contributed by atoms with E-state index in [1.54, 1.807) is 6.08 Å². The highest BCUT2D eigenvalue weighted by atomic mass is 31.2. The predicted octanol–water partition coefficient (Wildman–Crippen LogP) is 11.7. The minimum atomic E-state index is -4.32. The number of likely N-dealkylation sites (N-methyl/N-ethyl adjacent to an activating group) is 1. The number of nitrogens with zero attached hydrogens (tertiary/aromatic N) is 1. The molecule has 0 aromatic rings. The van der Waals surface area contributed by atoms with Gasteiger partial charge in [0.1, 0.15) is 13.2 Å². The third-order valence-electron chi connectivity index (χ3n) is 9.67. The number of aliphatic hydroxyl groups is 1. The van der Waals surface area contributed by atoms with Crippen LogP contribution in [-0.2, 0) is 18.4 Å². The van der Waals surface area contributed by atoms with Crippen LogP contribution in [0, 0.1) is 0 Å². The Balaban J connectivity index is 3.98. The number of carbonyl (C=O) groups excluding carboxylic acids is 1. The van der Waals surface area contributed by atoms with Crippen molar-refractivity contribution in [2.24, 2.45) is 0 Å². The van der Waals surface area contributed by atoms with Crippen molar-refractivity contribution in [2.75, 3.05) is 40.9 Å². The molecule has 0 aromatic heterocycles. The largest absolute Gasteiger partial charge is 0.472 e. The number of carbonyl (C=O) groups is 1. The fourth-order valence-electron chi connectivity index (χ4n) is 6.15. The van der Waals surface area contributed by atoms with E-state index in [0.717, 1.165) is 44.9 Å². The van der Waals surface area contributed by atoms with Crippen LogP contribution < -0.4 is 5.32 Å². The van der Waals surface area contributed by atoms with Gasteiger partial charge < -0.3 is 19.8 Å². The summed E-state index contributed by atoms with van der Waals surface area (Å²) in [5, 5.41) is 13.6. The maximum absolute atomic E-state index is 12.7. The van der Waals surface area contributed by atoms with Crippen LogP contribution in [0.15, 0.2) is 24.3 Å². The number of unbranched alkanes of at least 4 members (excludes halogenated alkanes) is 24. The average Bonchev–Trinajstić information content (AvgIpc) is 3.09. The SMILES string of the molecule is CCCCC/C=C/C(O)C(COP(=O)(O)OCC[N+](C)(C)C)NC(=O)CCCCCCCCCCCCCCC/C=C\CCCCCCCCCC. The Morgan fingerprint density at radius 2 is 1.04 bits per heavy atom. The van der Waals surface area contributed by atoms with Gasteiger partial charge >= 0.3 is 7.82 Å². The molecule has 9 heteroatoms. The van der Waals surface area contributed by atoms with Crippen LogP contribution in [0.3, 0.4) is 0 Å². The monoisotopic (exact) mass is 758 g/mol. The van der Waals surface area contributed by atoms with Gasteiger partial charge in [-0.1, -0.05) is 167 Å². The van der Waals surface area contributed by atoms with Crippen molar-refractivity contribution in [2.45, 2.75) is 206 Å². The number of rotatable bonds is 39. The van der Waals surface area contributed by atoms with Gasteiger partial charge in [0.05, 0.1) is 39.9 Å². The molecule has 0 aromatic carbocycles. The summed E-state index contributed by atoms with van der Waals surface area (Å²) in [6, 6.07) is -0.839. The molecule has 3 N–H and O–H groups in total. The van der Waals surface area contributed by atoms with E-state index >= 15 is 0 Å². The summed E-state index contributed by atoms with van der Waals surface area (Å²) < 4.78 is 23.3. The second kappa shape index (κ2) is 35.7. The quantitative estimate of drug-likeness (QED) is 0.0250. The molecule has 52 heavy (non-hydrogen) atoms. The van der Waals surface area contributed by atoms with E-state index in [2.05, 4.69) is 31.3 Å². The summed E-state index contributed by atoms with van der Waals surface area (Å²) in [5.74, 6) is -0.184. The lowest BCUT2D eigenvalue weighted by Crippen LogP contribution is -2.45. The molecule has 0 heterocycles. The number of hydrogen-bond donors (Lipinski definition) is 3. The summed E-state index contributed by atoms with van der Waals surface area (Å²) in [6.45, 7) is 4.70. The third-order valence-corrected chi connectivity index (χ3v) is 10.6. The molecule has 0 aliphatic heterocycles. The molecule has 8 nitrogen and oxygen atoms in total. The number of aliphatic hydroxyl groups excluding tert-OH is 1. The minimum absolute atomic E-state index is 0.0616. The number of phosphoric acid groups is 1. The van der Waals surface area contributed by atoms with Crippen LogP contribution in [0.2, 0.25) is 0 Å². The van der Waals surface area contributed by atoms with Gasteiger partial charge in [0.25, 0.3) is 0 Å². The summed E-state index contributed by atoms with van der Waals surface area (Å²) >= 11 is 0. The Bertz CT molecular complexity index is 907. The number of phosphoric ester groups is 1. The van der Waals surface area contributed by atoms with Gasteiger partial charge in [-0.2, -0.15) is 0 Å². The predicted molar refractivity (Wildman–Crippen MR) is 221 cm³/mol. The van der Waals surface area contributed by atoms with Crippen molar-refractivity contribution in [3.8, 4) is 0 Å². The summed E-state index contributed by atoms with van der Waals surface area (Å²) in [5.41, 5.74) is 0. The molecule has 0 aliphatic carbocycles. The van der Waals surface area contributed by atoms with E-state index in [0.29, 0.717) is 17.4 Å². The van der Waals surface area contributed by atoms with Crippen molar-refractivity contribution in [1.82, 2.24) is 5.32 Å². The van der Waals surface area contributed by atoms with Crippen LogP contribution in [0.5, 0.6) is 0 Å². The van der Waals surface area contributed by atoms with E-state index < -0.39 is 20.0 Å². The summed E-state index contributed by atoms with van der Waals surface area (Å²) in [7, 11) is 1.57. The first-order valence-electron chi connectivity index (χ1n) is 21.7. The molecule has 3 atom stereocenters. The maximum Gasteiger partial charge on any atom is 0.472 e. The van der Waals surface area contributed by atoms with E-state index in [9.17, 15) is 19.4 Å². The molecule has 0 bridgehead atoms. The van der Waals surface area contributed by atoms with Crippen LogP contribution >= 0.6 is 7.82 Å². The van der Waals surface area contributed by atoms with Crippen molar-refractivity contribution < 1.29 is 32.9 Å². The van der Waals surface area contributed by atoms with Crippen LogP contribution in [0.1, 0.15) is 194 Å². The molecule has 0 rings (SSSR count).